The van der Waals surface area contributed by atoms with Gasteiger partial charge in [0.05, 0.1) is 16.7 Å². The van der Waals surface area contributed by atoms with Gasteiger partial charge >= 0.3 is 0 Å². The van der Waals surface area contributed by atoms with E-state index >= 15 is 0 Å². The van der Waals surface area contributed by atoms with Crippen molar-refractivity contribution in [3.8, 4) is 5.75 Å². The van der Waals surface area contributed by atoms with Crippen LogP contribution >= 0.6 is 0 Å². The standard InChI is InChI=1S/C25H22N6O3/c1-17-24(30-14-8-7-13-21(30)26-17)25(33)29-28-23(32)15-31-20-12-6-5-11-19(20)27-22(31)16-34-18-9-3-2-4-10-18/h2-14H,15-16H2,1H3,(H,28,32)(H,29,33). The van der Waals surface area contributed by atoms with Crippen LogP contribution in [0.1, 0.15) is 22.0 Å². The molecule has 0 aliphatic heterocycles. The van der Waals surface area contributed by atoms with Gasteiger partial charge in [-0.3, -0.25) is 24.8 Å². The highest BCUT2D eigenvalue weighted by Gasteiger charge is 2.18. The summed E-state index contributed by atoms with van der Waals surface area (Å²) in [6, 6.07) is 22.4. The normalized spacial score (nSPS) is 11.0. The Bertz CT molecular complexity index is 1490. The minimum atomic E-state index is -0.451. The molecule has 0 unspecified atom stereocenters. The Morgan fingerprint density at radius 3 is 2.53 bits per heavy atom. The Kier molecular flexibility index (Phi) is 5.65. The fourth-order valence-electron chi connectivity index (χ4n) is 3.83. The Morgan fingerprint density at radius 1 is 0.912 bits per heavy atom. The van der Waals surface area contributed by atoms with Crippen molar-refractivity contribution in [1.29, 1.82) is 0 Å². The van der Waals surface area contributed by atoms with E-state index in [-0.39, 0.29) is 13.2 Å². The first kappa shape index (κ1) is 21.2. The fraction of sp³-hybridized carbons (Fsp3) is 0.120. The van der Waals surface area contributed by atoms with Crippen molar-refractivity contribution < 1.29 is 14.3 Å². The number of hydrazine groups is 1. The molecule has 5 aromatic rings. The van der Waals surface area contributed by atoms with Crippen LogP contribution in [0.3, 0.4) is 0 Å². The number of aromatic nitrogens is 4. The number of hydrogen-bond acceptors (Lipinski definition) is 5. The van der Waals surface area contributed by atoms with Crippen molar-refractivity contribution in [2.75, 3.05) is 0 Å². The van der Waals surface area contributed by atoms with Crippen LogP contribution in [-0.2, 0) is 17.9 Å². The van der Waals surface area contributed by atoms with Crippen molar-refractivity contribution in [2.24, 2.45) is 0 Å². The van der Waals surface area contributed by atoms with Crippen LogP contribution in [-0.4, -0.2) is 30.8 Å². The fourth-order valence-corrected chi connectivity index (χ4v) is 3.83. The van der Waals surface area contributed by atoms with Gasteiger partial charge < -0.3 is 9.30 Å². The zero-order chi connectivity index (χ0) is 23.5. The van der Waals surface area contributed by atoms with E-state index in [1.54, 1.807) is 22.1 Å². The molecule has 0 radical (unpaired) electrons. The van der Waals surface area contributed by atoms with E-state index in [1.807, 2.05) is 72.8 Å². The van der Waals surface area contributed by atoms with E-state index in [1.165, 1.54) is 0 Å². The van der Waals surface area contributed by atoms with Gasteiger partial charge in [-0.05, 0) is 43.3 Å². The summed E-state index contributed by atoms with van der Waals surface area (Å²) in [5.41, 5.74) is 8.13. The largest absolute Gasteiger partial charge is 0.486 e. The third kappa shape index (κ3) is 4.18. The maximum Gasteiger partial charge on any atom is 0.288 e. The summed E-state index contributed by atoms with van der Waals surface area (Å²) in [4.78, 5) is 34.5. The number of rotatable bonds is 6. The second-order valence-electron chi connectivity index (χ2n) is 7.68. The first-order chi connectivity index (χ1) is 16.6. The molecule has 0 fully saturated rings. The highest BCUT2D eigenvalue weighted by Crippen LogP contribution is 2.18. The zero-order valence-electron chi connectivity index (χ0n) is 18.4. The van der Waals surface area contributed by atoms with Gasteiger partial charge in [0.15, 0.2) is 0 Å². The minimum absolute atomic E-state index is 0.0413. The molecule has 3 heterocycles. The molecule has 9 nitrogen and oxygen atoms in total. The van der Waals surface area contributed by atoms with Gasteiger partial charge in [0.1, 0.15) is 36.1 Å². The number of carbonyl (C=O) groups is 2. The topological polar surface area (TPSA) is 103 Å². The molecule has 3 aromatic heterocycles. The summed E-state index contributed by atoms with van der Waals surface area (Å²) in [6.45, 7) is 1.90. The molecular weight excluding hydrogens is 432 g/mol. The van der Waals surface area contributed by atoms with E-state index in [0.29, 0.717) is 28.6 Å². The van der Waals surface area contributed by atoms with E-state index in [9.17, 15) is 9.59 Å². The SMILES string of the molecule is Cc1nc2ccccn2c1C(=O)NNC(=O)Cn1c(COc2ccccc2)nc2ccccc21. The number of imidazole rings is 2. The van der Waals surface area contributed by atoms with Crippen LogP contribution in [0.5, 0.6) is 5.75 Å². The molecule has 5 rings (SSSR count). The molecule has 2 amide bonds. The van der Waals surface area contributed by atoms with Crippen molar-refractivity contribution in [2.45, 2.75) is 20.1 Å². The molecule has 0 aliphatic rings. The summed E-state index contributed by atoms with van der Waals surface area (Å²) >= 11 is 0. The second kappa shape index (κ2) is 9.07. The van der Waals surface area contributed by atoms with E-state index in [4.69, 9.17) is 4.74 Å². The summed E-state index contributed by atoms with van der Waals surface area (Å²) in [6.07, 6.45) is 1.75. The van der Waals surface area contributed by atoms with Crippen molar-refractivity contribution in [1.82, 2.24) is 29.8 Å². The van der Waals surface area contributed by atoms with E-state index < -0.39 is 11.8 Å². The van der Waals surface area contributed by atoms with Crippen molar-refractivity contribution in [3.05, 3.63) is 96.2 Å². The van der Waals surface area contributed by atoms with E-state index in [0.717, 1.165) is 11.0 Å². The lowest BCUT2D eigenvalue weighted by Gasteiger charge is -2.12. The number of carbonyl (C=O) groups excluding carboxylic acids is 2. The molecule has 2 N–H and O–H groups in total. The van der Waals surface area contributed by atoms with Gasteiger partial charge in [-0.25, -0.2) is 9.97 Å². The number of fused-ring (bicyclic) bond motifs is 2. The number of hydrogen-bond donors (Lipinski definition) is 2. The highest BCUT2D eigenvalue weighted by molar-refractivity contribution is 5.95. The van der Waals surface area contributed by atoms with Gasteiger partial charge in [-0.1, -0.05) is 36.4 Å². The maximum atomic E-state index is 12.8. The smallest absolute Gasteiger partial charge is 0.288 e. The van der Waals surface area contributed by atoms with Gasteiger partial charge in [0.2, 0.25) is 0 Å². The lowest BCUT2D eigenvalue weighted by atomic mass is 10.3. The zero-order valence-corrected chi connectivity index (χ0v) is 18.4. The number of amides is 2. The van der Waals surface area contributed by atoms with Crippen molar-refractivity contribution in [3.63, 3.8) is 0 Å². The van der Waals surface area contributed by atoms with Crippen molar-refractivity contribution >= 4 is 28.5 Å². The second-order valence-corrected chi connectivity index (χ2v) is 7.68. The quantitative estimate of drug-likeness (QED) is 0.384. The Hall–Kier alpha value is -4.66. The van der Waals surface area contributed by atoms with Crippen LogP contribution < -0.4 is 15.6 Å². The van der Waals surface area contributed by atoms with Crippen LogP contribution in [0.4, 0.5) is 0 Å². The Labute approximate surface area is 195 Å². The molecular formula is C25H22N6O3. The average Bonchev–Trinajstić information content (AvgIpc) is 3.38. The molecule has 0 spiro atoms. The lowest BCUT2D eigenvalue weighted by molar-refractivity contribution is -0.122. The lowest BCUT2D eigenvalue weighted by Crippen LogP contribution is -2.43. The molecule has 9 heteroatoms. The van der Waals surface area contributed by atoms with Crippen LogP contribution in [0, 0.1) is 6.92 Å². The predicted octanol–water partition coefficient (Wildman–Crippen LogP) is 3.03. The Morgan fingerprint density at radius 2 is 1.68 bits per heavy atom. The summed E-state index contributed by atoms with van der Waals surface area (Å²) in [5.74, 6) is 0.460. The molecule has 0 aliphatic carbocycles. The molecule has 0 atom stereocenters. The van der Waals surface area contributed by atoms with Gasteiger partial charge in [-0.15, -0.1) is 0 Å². The Balaban J connectivity index is 1.31. The number of para-hydroxylation sites is 3. The summed E-state index contributed by atoms with van der Waals surface area (Å²) < 4.78 is 9.31. The summed E-state index contributed by atoms with van der Waals surface area (Å²) in [7, 11) is 0. The number of pyridine rings is 1. The van der Waals surface area contributed by atoms with Crippen LogP contribution in [0.25, 0.3) is 16.7 Å². The molecule has 2 aromatic carbocycles. The third-order valence-corrected chi connectivity index (χ3v) is 5.38. The van der Waals surface area contributed by atoms with Gasteiger partial charge in [-0.2, -0.15) is 0 Å². The van der Waals surface area contributed by atoms with Gasteiger partial charge in [0.25, 0.3) is 11.8 Å². The first-order valence-corrected chi connectivity index (χ1v) is 10.7. The van der Waals surface area contributed by atoms with Crippen LogP contribution in [0.2, 0.25) is 0 Å². The highest BCUT2D eigenvalue weighted by atomic mass is 16.5. The number of ether oxygens (including phenoxy) is 1. The molecule has 0 bridgehead atoms. The number of aryl methyl sites for hydroxylation is 1. The maximum absolute atomic E-state index is 12.8. The molecule has 0 saturated heterocycles. The predicted molar refractivity (Wildman–Crippen MR) is 126 cm³/mol. The first-order valence-electron chi connectivity index (χ1n) is 10.7. The van der Waals surface area contributed by atoms with Crippen LogP contribution in [0.15, 0.2) is 79.0 Å². The molecule has 170 valence electrons. The molecule has 34 heavy (non-hydrogen) atoms. The van der Waals surface area contributed by atoms with Gasteiger partial charge in [0, 0.05) is 6.20 Å². The number of nitrogens with zero attached hydrogens (tertiary/aromatic N) is 4. The third-order valence-electron chi connectivity index (χ3n) is 5.38. The average molecular weight is 454 g/mol. The molecule has 0 saturated carbocycles. The monoisotopic (exact) mass is 454 g/mol. The van der Waals surface area contributed by atoms with E-state index in [2.05, 4.69) is 20.8 Å². The number of nitrogens with one attached hydrogen (secondary N) is 2. The number of benzene rings is 2. The minimum Gasteiger partial charge on any atom is -0.486 e. The summed E-state index contributed by atoms with van der Waals surface area (Å²) in [5, 5.41) is 0.